The molecule has 4 nitrogen and oxygen atoms in total. The Morgan fingerprint density at radius 1 is 1.00 bits per heavy atom. The number of benzene rings is 1. The van der Waals surface area contributed by atoms with Gasteiger partial charge in [-0.05, 0) is 69.9 Å². The minimum atomic E-state index is -4.68. The SMILES string of the molecule is CC(=O)CN1CCC(CCN2CCN(c3ccc(F)c(C(F)(F)F)c3)CC2)CC1.Cl.Cl. The quantitative estimate of drug-likeness (QED) is 0.551. The molecular weight excluding hydrogens is 457 g/mol. The smallest absolute Gasteiger partial charge is 0.369 e. The molecule has 2 heterocycles. The number of Topliss-reactive ketones (excluding diaryl/α,β-unsaturated/α-hetero) is 1. The van der Waals surface area contributed by atoms with Crippen LogP contribution >= 0.6 is 24.8 Å². The zero-order valence-corrected chi connectivity index (χ0v) is 19.3. The van der Waals surface area contributed by atoms with Crippen molar-refractivity contribution >= 4 is 36.3 Å². The van der Waals surface area contributed by atoms with Crippen molar-refractivity contribution in [1.82, 2.24) is 9.80 Å². The van der Waals surface area contributed by atoms with Crippen LogP contribution < -0.4 is 4.90 Å². The summed E-state index contributed by atoms with van der Waals surface area (Å²) in [5.41, 5.74) is -0.773. The molecule has 0 atom stereocenters. The van der Waals surface area contributed by atoms with Crippen LogP contribution in [0.3, 0.4) is 0 Å². The molecule has 0 radical (unpaired) electrons. The number of hydrogen-bond acceptors (Lipinski definition) is 4. The molecule has 178 valence electrons. The van der Waals surface area contributed by atoms with Crippen LogP contribution in [0.15, 0.2) is 18.2 Å². The van der Waals surface area contributed by atoms with Crippen LogP contribution in [0.1, 0.15) is 31.7 Å². The zero-order chi connectivity index (χ0) is 21.0. The number of alkyl halides is 3. The predicted molar refractivity (Wildman–Crippen MR) is 119 cm³/mol. The van der Waals surface area contributed by atoms with Gasteiger partial charge in [0.25, 0.3) is 0 Å². The lowest BCUT2D eigenvalue weighted by molar-refractivity contribution is -0.140. The molecule has 0 N–H and O–H groups in total. The fourth-order valence-electron chi connectivity index (χ4n) is 4.27. The van der Waals surface area contributed by atoms with Crippen LogP contribution in [-0.4, -0.2) is 67.9 Å². The molecule has 0 unspecified atom stereocenters. The van der Waals surface area contributed by atoms with E-state index in [1.54, 1.807) is 6.92 Å². The number of rotatable bonds is 6. The maximum Gasteiger partial charge on any atom is 0.419 e. The summed E-state index contributed by atoms with van der Waals surface area (Å²) in [5.74, 6) is -0.346. The second kappa shape index (κ2) is 12.2. The summed E-state index contributed by atoms with van der Waals surface area (Å²) in [6.45, 7) is 7.98. The average molecular weight is 488 g/mol. The van der Waals surface area contributed by atoms with E-state index in [1.807, 2.05) is 4.90 Å². The fourth-order valence-corrected chi connectivity index (χ4v) is 4.27. The summed E-state index contributed by atoms with van der Waals surface area (Å²) in [6, 6.07) is 3.25. The van der Waals surface area contributed by atoms with Crippen molar-refractivity contribution in [1.29, 1.82) is 0 Å². The lowest BCUT2D eigenvalue weighted by atomic mass is 9.93. The largest absolute Gasteiger partial charge is 0.419 e. The molecule has 10 heteroatoms. The average Bonchev–Trinajstić information content (AvgIpc) is 2.67. The Kier molecular flexibility index (Phi) is 11.0. The highest BCUT2D eigenvalue weighted by atomic mass is 35.5. The molecular formula is C21H31Cl2F4N3O. The molecule has 2 fully saturated rings. The van der Waals surface area contributed by atoms with E-state index in [9.17, 15) is 22.4 Å². The van der Waals surface area contributed by atoms with Gasteiger partial charge in [0.1, 0.15) is 11.6 Å². The summed E-state index contributed by atoms with van der Waals surface area (Å²) >= 11 is 0. The van der Waals surface area contributed by atoms with Gasteiger partial charge in [-0.15, -0.1) is 24.8 Å². The van der Waals surface area contributed by atoms with Gasteiger partial charge in [0.15, 0.2) is 0 Å². The maximum atomic E-state index is 13.5. The van der Waals surface area contributed by atoms with Gasteiger partial charge in [0.05, 0.1) is 12.1 Å². The fraction of sp³-hybridized carbons (Fsp3) is 0.667. The molecule has 0 aromatic heterocycles. The van der Waals surface area contributed by atoms with Gasteiger partial charge < -0.3 is 4.90 Å². The third kappa shape index (κ3) is 8.08. The van der Waals surface area contributed by atoms with Crippen molar-refractivity contribution in [2.75, 3.05) is 57.3 Å². The van der Waals surface area contributed by atoms with Gasteiger partial charge in [-0.3, -0.25) is 14.6 Å². The van der Waals surface area contributed by atoms with Crippen LogP contribution in [0.25, 0.3) is 0 Å². The van der Waals surface area contributed by atoms with Gasteiger partial charge in [-0.25, -0.2) is 4.39 Å². The van der Waals surface area contributed by atoms with E-state index in [4.69, 9.17) is 0 Å². The van der Waals surface area contributed by atoms with Crippen LogP contribution in [-0.2, 0) is 11.0 Å². The van der Waals surface area contributed by atoms with Gasteiger partial charge in [0.2, 0.25) is 0 Å². The first-order chi connectivity index (χ1) is 13.7. The number of ketones is 1. The molecule has 2 saturated heterocycles. The summed E-state index contributed by atoms with van der Waals surface area (Å²) in [4.78, 5) is 17.7. The first-order valence-corrected chi connectivity index (χ1v) is 10.3. The molecule has 2 aliphatic heterocycles. The first kappa shape index (κ1) is 27.9. The predicted octanol–water partition coefficient (Wildman–Crippen LogP) is 4.50. The molecule has 1 aromatic carbocycles. The van der Waals surface area contributed by atoms with Crippen molar-refractivity contribution < 1.29 is 22.4 Å². The van der Waals surface area contributed by atoms with Crippen LogP contribution in [0.2, 0.25) is 0 Å². The Hall–Kier alpha value is -1.09. The number of piperazine rings is 1. The number of likely N-dealkylation sites (tertiary alicyclic amines) is 1. The normalized spacial score (nSPS) is 18.9. The van der Waals surface area contributed by atoms with Gasteiger partial charge in [-0.2, -0.15) is 13.2 Å². The first-order valence-electron chi connectivity index (χ1n) is 10.3. The number of carbonyl (C=O) groups is 1. The molecule has 0 bridgehead atoms. The number of nitrogens with zero attached hydrogens (tertiary/aromatic N) is 3. The number of anilines is 1. The second-order valence-corrected chi connectivity index (χ2v) is 8.20. The minimum Gasteiger partial charge on any atom is -0.369 e. The molecule has 0 saturated carbocycles. The highest BCUT2D eigenvalue weighted by molar-refractivity contribution is 5.85. The third-order valence-electron chi connectivity index (χ3n) is 6.00. The van der Waals surface area contributed by atoms with E-state index < -0.39 is 17.6 Å². The highest BCUT2D eigenvalue weighted by Gasteiger charge is 2.35. The number of carbonyl (C=O) groups excluding carboxylic acids is 1. The van der Waals surface area contributed by atoms with Crippen molar-refractivity contribution in [3.8, 4) is 0 Å². The topological polar surface area (TPSA) is 26.8 Å². The Morgan fingerprint density at radius 3 is 2.16 bits per heavy atom. The highest BCUT2D eigenvalue weighted by Crippen LogP contribution is 2.34. The Labute approximate surface area is 193 Å². The standard InChI is InChI=1S/C21H29F4N3O.2ClH/c1-16(29)15-27-8-5-17(6-9-27)4-7-26-10-12-28(13-11-26)18-2-3-20(22)19(14-18)21(23,24)25;;/h2-3,14,17H,4-13,15H2,1H3;2*1H. The van der Waals surface area contributed by atoms with E-state index in [0.717, 1.165) is 64.1 Å². The maximum absolute atomic E-state index is 13.5. The van der Waals surface area contributed by atoms with E-state index in [1.165, 1.54) is 6.07 Å². The van der Waals surface area contributed by atoms with Crippen molar-refractivity contribution in [2.45, 2.75) is 32.4 Å². The summed E-state index contributed by atoms with van der Waals surface area (Å²) in [7, 11) is 0. The number of piperidine rings is 1. The van der Waals surface area contributed by atoms with E-state index >= 15 is 0 Å². The summed E-state index contributed by atoms with van der Waals surface area (Å²) in [6.07, 6.45) is -1.34. The van der Waals surface area contributed by atoms with E-state index in [-0.39, 0.29) is 30.6 Å². The Bertz CT molecular complexity index is 704. The zero-order valence-electron chi connectivity index (χ0n) is 17.7. The molecule has 3 rings (SSSR count). The van der Waals surface area contributed by atoms with Crippen molar-refractivity contribution in [2.24, 2.45) is 5.92 Å². The number of hydrogen-bond donors (Lipinski definition) is 0. The van der Waals surface area contributed by atoms with Gasteiger partial charge in [0, 0.05) is 31.9 Å². The van der Waals surface area contributed by atoms with Crippen molar-refractivity contribution in [3.63, 3.8) is 0 Å². The molecule has 2 aliphatic rings. The van der Waals surface area contributed by atoms with E-state index in [0.29, 0.717) is 31.2 Å². The molecule has 0 spiro atoms. The number of halogens is 6. The monoisotopic (exact) mass is 487 g/mol. The summed E-state index contributed by atoms with van der Waals surface area (Å²) < 4.78 is 52.3. The minimum absolute atomic E-state index is 0. The van der Waals surface area contributed by atoms with Gasteiger partial charge in [-0.1, -0.05) is 0 Å². The van der Waals surface area contributed by atoms with Crippen LogP contribution in [0, 0.1) is 11.7 Å². The lowest BCUT2D eigenvalue weighted by Crippen LogP contribution is -2.47. The molecule has 0 amide bonds. The van der Waals surface area contributed by atoms with Crippen LogP contribution in [0.5, 0.6) is 0 Å². The second-order valence-electron chi connectivity index (χ2n) is 8.20. The molecule has 31 heavy (non-hydrogen) atoms. The molecule has 0 aliphatic carbocycles. The Balaban J connectivity index is 0.00000240. The van der Waals surface area contributed by atoms with E-state index in [2.05, 4.69) is 9.80 Å². The third-order valence-corrected chi connectivity index (χ3v) is 6.00. The Morgan fingerprint density at radius 2 is 1.61 bits per heavy atom. The summed E-state index contributed by atoms with van der Waals surface area (Å²) in [5, 5.41) is 0. The van der Waals surface area contributed by atoms with Crippen LogP contribution in [0.4, 0.5) is 23.2 Å². The van der Waals surface area contributed by atoms with Gasteiger partial charge >= 0.3 is 6.18 Å². The molecule has 1 aromatic rings. The lowest BCUT2D eigenvalue weighted by Gasteiger charge is -2.37. The van der Waals surface area contributed by atoms with Crippen molar-refractivity contribution in [3.05, 3.63) is 29.6 Å².